The predicted octanol–water partition coefficient (Wildman–Crippen LogP) is 2.30. The first-order chi connectivity index (χ1) is 12.6. The zero-order valence-corrected chi connectivity index (χ0v) is 14.0. The van der Waals surface area contributed by atoms with Gasteiger partial charge in [-0.05, 0) is 24.3 Å². The molecule has 2 heterocycles. The summed E-state index contributed by atoms with van der Waals surface area (Å²) in [6.45, 7) is 1.65. The van der Waals surface area contributed by atoms with Crippen LogP contribution >= 0.6 is 0 Å². The molecule has 2 aromatic carbocycles. The number of halogens is 1. The highest BCUT2D eigenvalue weighted by Gasteiger charge is 2.27. The van der Waals surface area contributed by atoms with Gasteiger partial charge >= 0.3 is 0 Å². The number of benzene rings is 2. The number of fused-ring (bicyclic) bond motifs is 1. The Morgan fingerprint density at radius 2 is 1.62 bits per heavy atom. The molecule has 0 atom stereocenters. The molecule has 0 aliphatic carbocycles. The molecule has 0 unspecified atom stereocenters. The van der Waals surface area contributed by atoms with Gasteiger partial charge in [0.1, 0.15) is 5.82 Å². The van der Waals surface area contributed by atoms with Crippen LogP contribution in [0.4, 0.5) is 4.39 Å². The fraction of sp³-hybridized carbons (Fsp3) is 0.211. The Balaban J connectivity index is 1.45. The second-order valence-corrected chi connectivity index (χ2v) is 6.21. The summed E-state index contributed by atoms with van der Waals surface area (Å²) in [5.41, 5.74) is 1.53. The van der Waals surface area contributed by atoms with Crippen molar-refractivity contribution in [1.29, 1.82) is 0 Å². The quantitative estimate of drug-likeness (QED) is 0.769. The van der Waals surface area contributed by atoms with Crippen LogP contribution in [0, 0.1) is 5.82 Å². The van der Waals surface area contributed by atoms with E-state index >= 15 is 0 Å². The molecule has 4 rings (SSSR count). The molecule has 0 bridgehead atoms. The lowest BCUT2D eigenvalue weighted by molar-refractivity contribution is 0.0533. The molecule has 1 aliphatic heterocycles. The molecule has 26 heavy (non-hydrogen) atoms. The highest BCUT2D eigenvalue weighted by molar-refractivity contribution is 6.04. The molecule has 1 saturated heterocycles. The number of carbonyl (C=O) groups excluding carboxylic acids is 2. The zero-order valence-electron chi connectivity index (χ0n) is 14.0. The van der Waals surface area contributed by atoms with Crippen molar-refractivity contribution in [2.75, 3.05) is 26.2 Å². The van der Waals surface area contributed by atoms with Gasteiger partial charge in [0.25, 0.3) is 11.8 Å². The Morgan fingerprint density at radius 1 is 0.923 bits per heavy atom. The van der Waals surface area contributed by atoms with Crippen molar-refractivity contribution in [2.24, 2.45) is 0 Å². The molecular formula is C19H17FN4O2. The maximum atomic E-state index is 13.3. The minimum absolute atomic E-state index is 0.152. The van der Waals surface area contributed by atoms with Crippen LogP contribution in [0.25, 0.3) is 10.9 Å². The van der Waals surface area contributed by atoms with E-state index in [9.17, 15) is 14.0 Å². The number of nitrogens with zero attached hydrogens (tertiary/aromatic N) is 3. The van der Waals surface area contributed by atoms with Gasteiger partial charge in [0.05, 0.1) is 5.52 Å². The third-order valence-electron chi connectivity index (χ3n) is 4.60. The van der Waals surface area contributed by atoms with Crippen LogP contribution in [0.15, 0.2) is 48.5 Å². The third-order valence-corrected chi connectivity index (χ3v) is 4.60. The highest BCUT2D eigenvalue weighted by Crippen LogP contribution is 2.18. The lowest BCUT2D eigenvalue weighted by atomic mass is 10.1. The number of piperazine rings is 1. The van der Waals surface area contributed by atoms with E-state index in [0.717, 1.165) is 10.9 Å². The Morgan fingerprint density at radius 3 is 2.35 bits per heavy atom. The number of nitrogens with one attached hydrogen (secondary N) is 1. The van der Waals surface area contributed by atoms with Crippen molar-refractivity contribution in [3.8, 4) is 0 Å². The lowest BCUT2D eigenvalue weighted by Gasteiger charge is -2.34. The number of aromatic nitrogens is 2. The SMILES string of the molecule is O=C(c1cccc(F)c1)N1CCN(C(=O)c2n[nH]c3ccccc23)CC1. The van der Waals surface area contributed by atoms with Gasteiger partial charge in [0, 0.05) is 37.1 Å². The number of hydrogen-bond donors (Lipinski definition) is 1. The topological polar surface area (TPSA) is 69.3 Å². The first-order valence-corrected chi connectivity index (χ1v) is 8.41. The van der Waals surface area contributed by atoms with Crippen LogP contribution in [-0.2, 0) is 0 Å². The maximum Gasteiger partial charge on any atom is 0.275 e. The number of hydrogen-bond acceptors (Lipinski definition) is 3. The van der Waals surface area contributed by atoms with Gasteiger partial charge in [0.2, 0.25) is 0 Å². The van der Waals surface area contributed by atoms with Crippen LogP contribution in [0.3, 0.4) is 0 Å². The van der Waals surface area contributed by atoms with Gasteiger partial charge in [-0.3, -0.25) is 14.7 Å². The maximum absolute atomic E-state index is 13.3. The lowest BCUT2D eigenvalue weighted by Crippen LogP contribution is -2.50. The summed E-state index contributed by atoms with van der Waals surface area (Å²) in [6.07, 6.45) is 0. The Kier molecular flexibility index (Phi) is 4.12. The molecule has 0 radical (unpaired) electrons. The van der Waals surface area contributed by atoms with Gasteiger partial charge in [-0.1, -0.05) is 24.3 Å². The van der Waals surface area contributed by atoms with E-state index in [1.54, 1.807) is 15.9 Å². The first kappa shape index (κ1) is 16.3. The smallest absolute Gasteiger partial charge is 0.275 e. The summed E-state index contributed by atoms with van der Waals surface area (Å²) in [6, 6.07) is 13.1. The van der Waals surface area contributed by atoms with E-state index in [0.29, 0.717) is 37.4 Å². The number of H-pyrrole nitrogens is 1. The van der Waals surface area contributed by atoms with Crippen LogP contribution < -0.4 is 0 Å². The largest absolute Gasteiger partial charge is 0.335 e. The van der Waals surface area contributed by atoms with Gasteiger partial charge < -0.3 is 9.80 Å². The molecule has 2 amide bonds. The fourth-order valence-electron chi connectivity index (χ4n) is 3.19. The average Bonchev–Trinajstić information content (AvgIpc) is 3.11. The third kappa shape index (κ3) is 2.92. The summed E-state index contributed by atoms with van der Waals surface area (Å²) < 4.78 is 13.3. The monoisotopic (exact) mass is 352 g/mol. The molecule has 132 valence electrons. The van der Waals surface area contributed by atoms with Gasteiger partial charge in [-0.2, -0.15) is 5.10 Å². The summed E-state index contributed by atoms with van der Waals surface area (Å²) in [5, 5.41) is 7.80. The minimum Gasteiger partial charge on any atom is -0.335 e. The Labute approximate surface area is 149 Å². The zero-order chi connectivity index (χ0) is 18.1. The van der Waals surface area contributed by atoms with Crippen LogP contribution in [-0.4, -0.2) is 58.0 Å². The molecule has 1 N–H and O–H groups in total. The van der Waals surface area contributed by atoms with Crippen molar-refractivity contribution in [3.63, 3.8) is 0 Å². The molecule has 7 heteroatoms. The molecule has 1 aromatic heterocycles. The van der Waals surface area contributed by atoms with Gasteiger partial charge in [0.15, 0.2) is 5.69 Å². The molecule has 0 saturated carbocycles. The van der Waals surface area contributed by atoms with Crippen molar-refractivity contribution >= 4 is 22.7 Å². The van der Waals surface area contributed by atoms with Crippen molar-refractivity contribution in [1.82, 2.24) is 20.0 Å². The molecule has 0 spiro atoms. The number of carbonyl (C=O) groups is 2. The normalized spacial score (nSPS) is 14.7. The predicted molar refractivity (Wildman–Crippen MR) is 94.3 cm³/mol. The molecule has 6 nitrogen and oxygen atoms in total. The van der Waals surface area contributed by atoms with Gasteiger partial charge in [-0.15, -0.1) is 0 Å². The van der Waals surface area contributed by atoms with Crippen molar-refractivity contribution in [3.05, 3.63) is 65.6 Å². The number of amides is 2. The fourth-order valence-corrected chi connectivity index (χ4v) is 3.19. The average molecular weight is 352 g/mol. The number of para-hydroxylation sites is 1. The molecule has 3 aromatic rings. The van der Waals surface area contributed by atoms with E-state index in [-0.39, 0.29) is 11.8 Å². The molecule has 1 aliphatic rings. The summed E-state index contributed by atoms with van der Waals surface area (Å²) >= 11 is 0. The minimum atomic E-state index is -0.435. The van der Waals surface area contributed by atoms with E-state index in [2.05, 4.69) is 10.2 Å². The number of rotatable bonds is 2. The van der Waals surface area contributed by atoms with E-state index in [1.807, 2.05) is 24.3 Å². The van der Waals surface area contributed by atoms with Gasteiger partial charge in [-0.25, -0.2) is 4.39 Å². The second-order valence-electron chi connectivity index (χ2n) is 6.21. The summed E-state index contributed by atoms with van der Waals surface area (Å²) in [4.78, 5) is 28.6. The number of aromatic amines is 1. The molecule has 1 fully saturated rings. The van der Waals surface area contributed by atoms with Crippen molar-refractivity contribution < 1.29 is 14.0 Å². The van der Waals surface area contributed by atoms with Crippen LogP contribution in [0.2, 0.25) is 0 Å². The van der Waals surface area contributed by atoms with E-state index in [4.69, 9.17) is 0 Å². The summed E-state index contributed by atoms with van der Waals surface area (Å²) in [5.74, 6) is -0.808. The Hall–Kier alpha value is -3.22. The van der Waals surface area contributed by atoms with E-state index in [1.165, 1.54) is 18.2 Å². The van der Waals surface area contributed by atoms with Crippen molar-refractivity contribution in [2.45, 2.75) is 0 Å². The highest BCUT2D eigenvalue weighted by atomic mass is 19.1. The van der Waals surface area contributed by atoms with E-state index < -0.39 is 5.82 Å². The van der Waals surface area contributed by atoms with Crippen LogP contribution in [0.1, 0.15) is 20.8 Å². The Bertz CT molecular complexity index is 976. The first-order valence-electron chi connectivity index (χ1n) is 8.41. The summed E-state index contributed by atoms with van der Waals surface area (Å²) in [7, 11) is 0. The van der Waals surface area contributed by atoms with Crippen LogP contribution in [0.5, 0.6) is 0 Å². The second kappa shape index (κ2) is 6.59. The molecular weight excluding hydrogens is 335 g/mol. The standard InChI is InChI=1S/C19H17FN4O2/c20-14-5-3-4-13(12-14)18(25)23-8-10-24(11-9-23)19(26)17-15-6-1-2-7-16(15)21-22-17/h1-7,12H,8-11H2,(H,21,22).